The number of pyridine rings is 1. The molecule has 0 radical (unpaired) electrons. The van der Waals surface area contributed by atoms with Gasteiger partial charge in [-0.05, 0) is 66.7 Å². The number of benzene rings is 3. The quantitative estimate of drug-likeness (QED) is 0.147. The van der Waals surface area contributed by atoms with Crippen molar-refractivity contribution >= 4 is 57.1 Å². The number of thiazole rings is 1. The number of rotatable bonds is 8. The highest BCUT2D eigenvalue weighted by Crippen LogP contribution is 2.28. The number of nitrogens with one attached hydrogen (secondary N) is 4. The zero-order chi connectivity index (χ0) is 27.9. The number of carboxylic acid groups (broad SMARTS) is 1. The number of aromatic nitrogens is 2. The molecule has 0 aliphatic rings. The summed E-state index contributed by atoms with van der Waals surface area (Å²) in [6.07, 6.45) is 2.23. The number of nitrogens with zero attached hydrogens (tertiary/aromatic N) is 2. The fourth-order valence-corrected chi connectivity index (χ4v) is 4.50. The lowest BCUT2D eigenvalue weighted by molar-refractivity contribution is 0.101. The normalized spacial score (nSPS) is 10.4. The van der Waals surface area contributed by atoms with Crippen LogP contribution in [0.5, 0.6) is 0 Å². The second-order valence-electron chi connectivity index (χ2n) is 8.45. The third kappa shape index (κ3) is 6.47. The van der Waals surface area contributed by atoms with E-state index in [1.807, 2.05) is 29.6 Å². The van der Waals surface area contributed by atoms with Crippen LogP contribution in [-0.2, 0) is 0 Å². The Labute approximate surface area is 232 Å². The van der Waals surface area contributed by atoms with Crippen molar-refractivity contribution in [3.05, 3.63) is 114 Å². The highest BCUT2D eigenvalue weighted by atomic mass is 32.1. The molecule has 11 heteroatoms. The lowest BCUT2D eigenvalue weighted by Gasteiger charge is -2.11. The molecule has 40 heavy (non-hydrogen) atoms. The van der Waals surface area contributed by atoms with Gasteiger partial charge in [-0.25, -0.2) is 9.78 Å². The molecule has 0 unspecified atom stereocenters. The molecule has 0 bridgehead atoms. The fourth-order valence-electron chi connectivity index (χ4n) is 3.76. The summed E-state index contributed by atoms with van der Waals surface area (Å²) in [4.78, 5) is 45.3. The fraction of sp³-hybridized carbons (Fsp3) is 0. The van der Waals surface area contributed by atoms with E-state index in [0.717, 1.165) is 16.9 Å². The molecule has 3 amide bonds. The minimum absolute atomic E-state index is 0.250. The third-order valence-corrected chi connectivity index (χ3v) is 6.42. The van der Waals surface area contributed by atoms with E-state index in [4.69, 9.17) is 5.11 Å². The van der Waals surface area contributed by atoms with E-state index in [9.17, 15) is 14.4 Å². The largest absolute Gasteiger partial charge is 0.465 e. The Balaban J connectivity index is 1.21. The molecule has 198 valence electrons. The molecule has 5 aromatic rings. The molecule has 0 aliphatic heterocycles. The predicted octanol–water partition coefficient (Wildman–Crippen LogP) is 6.54. The Bertz CT molecular complexity index is 1670. The molecule has 2 heterocycles. The van der Waals surface area contributed by atoms with Crippen LogP contribution in [0.25, 0.3) is 11.3 Å². The first-order chi connectivity index (χ1) is 19.4. The summed E-state index contributed by atoms with van der Waals surface area (Å²) in [6.45, 7) is 0. The van der Waals surface area contributed by atoms with Crippen LogP contribution in [0.4, 0.5) is 32.7 Å². The predicted molar refractivity (Wildman–Crippen MR) is 156 cm³/mol. The molecule has 10 nitrogen and oxygen atoms in total. The third-order valence-electron chi connectivity index (χ3n) is 5.66. The second kappa shape index (κ2) is 11.9. The van der Waals surface area contributed by atoms with Crippen LogP contribution >= 0.6 is 11.3 Å². The van der Waals surface area contributed by atoms with Crippen LogP contribution in [0.3, 0.4) is 0 Å². The number of para-hydroxylation sites is 2. The van der Waals surface area contributed by atoms with Gasteiger partial charge in [-0.15, -0.1) is 11.3 Å². The topological polar surface area (TPSA) is 145 Å². The van der Waals surface area contributed by atoms with Gasteiger partial charge in [0.25, 0.3) is 11.8 Å². The van der Waals surface area contributed by atoms with Crippen molar-refractivity contribution < 1.29 is 19.5 Å². The minimum Gasteiger partial charge on any atom is -0.465 e. The number of hydrogen-bond acceptors (Lipinski definition) is 7. The van der Waals surface area contributed by atoms with Crippen molar-refractivity contribution in [1.29, 1.82) is 0 Å². The molecule has 5 N–H and O–H groups in total. The molecule has 5 rings (SSSR count). The van der Waals surface area contributed by atoms with Gasteiger partial charge in [0.1, 0.15) is 0 Å². The van der Waals surface area contributed by atoms with Crippen LogP contribution in [0.2, 0.25) is 0 Å². The van der Waals surface area contributed by atoms with Crippen molar-refractivity contribution in [2.75, 3.05) is 21.3 Å². The maximum Gasteiger partial charge on any atom is 0.409 e. The Hall–Kier alpha value is -5.55. The van der Waals surface area contributed by atoms with Crippen molar-refractivity contribution in [3.8, 4) is 11.3 Å². The first-order valence-corrected chi connectivity index (χ1v) is 12.9. The average Bonchev–Trinajstić information content (AvgIpc) is 3.43. The summed E-state index contributed by atoms with van der Waals surface area (Å²) >= 11 is 1.46. The zero-order valence-electron chi connectivity index (χ0n) is 20.8. The minimum atomic E-state index is -1.24. The molecule has 0 fully saturated rings. The van der Waals surface area contributed by atoms with Crippen molar-refractivity contribution in [2.24, 2.45) is 0 Å². The summed E-state index contributed by atoms with van der Waals surface area (Å²) in [7, 11) is 0. The van der Waals surface area contributed by atoms with E-state index in [-0.39, 0.29) is 11.6 Å². The summed E-state index contributed by atoms with van der Waals surface area (Å²) in [6, 6.07) is 23.7. The average molecular weight is 551 g/mol. The van der Waals surface area contributed by atoms with E-state index < -0.39 is 12.0 Å². The standard InChI is InChI=1S/C29H22N6O4S/c36-26(18-10-12-19(13-11-18)27(37)33-23-8-1-2-9-24(23)35-29(38)39)31-21-6-3-7-22(15-21)32-28-34-25(17-40-28)20-5-4-14-30-16-20/h1-17,35H,(H,31,36)(H,32,34)(H,33,37)(H,38,39). The number of carbonyl (C=O) groups is 3. The summed E-state index contributed by atoms with van der Waals surface area (Å²) in [5.74, 6) is -0.785. The van der Waals surface area contributed by atoms with Crippen LogP contribution in [0, 0.1) is 0 Å². The van der Waals surface area contributed by atoms with E-state index in [1.54, 1.807) is 54.9 Å². The van der Waals surface area contributed by atoms with Gasteiger partial charge in [-0.1, -0.05) is 18.2 Å². The number of carbonyl (C=O) groups excluding carboxylic acids is 2. The highest BCUT2D eigenvalue weighted by molar-refractivity contribution is 7.14. The summed E-state index contributed by atoms with van der Waals surface area (Å²) < 4.78 is 0. The maximum absolute atomic E-state index is 12.9. The van der Waals surface area contributed by atoms with E-state index in [2.05, 4.69) is 31.2 Å². The van der Waals surface area contributed by atoms with E-state index in [1.165, 1.54) is 29.5 Å². The van der Waals surface area contributed by atoms with Crippen LogP contribution < -0.4 is 21.3 Å². The van der Waals surface area contributed by atoms with E-state index >= 15 is 0 Å². The van der Waals surface area contributed by atoms with Crippen molar-refractivity contribution in [3.63, 3.8) is 0 Å². The monoisotopic (exact) mass is 550 g/mol. The van der Waals surface area contributed by atoms with Crippen LogP contribution in [0.15, 0.2) is 103 Å². The van der Waals surface area contributed by atoms with Crippen LogP contribution in [0.1, 0.15) is 20.7 Å². The highest BCUT2D eigenvalue weighted by Gasteiger charge is 2.13. The SMILES string of the molecule is O=C(O)Nc1ccccc1NC(=O)c1ccc(C(=O)Nc2cccc(Nc3nc(-c4cccnc4)cs3)c2)cc1. The first-order valence-electron chi connectivity index (χ1n) is 12.0. The van der Waals surface area contributed by atoms with Gasteiger partial charge >= 0.3 is 6.09 Å². The Morgan fingerprint density at radius 2 is 1.40 bits per heavy atom. The van der Waals surface area contributed by atoms with Crippen molar-refractivity contribution in [2.45, 2.75) is 0 Å². The molecular formula is C29H22N6O4S. The zero-order valence-corrected chi connectivity index (χ0v) is 21.6. The van der Waals surface area contributed by atoms with Gasteiger partial charge in [-0.3, -0.25) is 19.9 Å². The number of anilines is 5. The number of amides is 3. The van der Waals surface area contributed by atoms with Gasteiger partial charge in [0.2, 0.25) is 0 Å². The van der Waals surface area contributed by atoms with Gasteiger partial charge in [0.05, 0.1) is 17.1 Å². The maximum atomic E-state index is 12.9. The summed E-state index contributed by atoms with van der Waals surface area (Å²) in [5, 5.41) is 22.7. The van der Waals surface area contributed by atoms with Gasteiger partial charge < -0.3 is 21.1 Å². The molecule has 0 saturated carbocycles. The second-order valence-corrected chi connectivity index (χ2v) is 9.30. The smallest absolute Gasteiger partial charge is 0.409 e. The Morgan fingerprint density at radius 3 is 2.08 bits per heavy atom. The van der Waals surface area contributed by atoms with Gasteiger partial charge in [-0.2, -0.15) is 0 Å². The summed E-state index contributed by atoms with van der Waals surface area (Å²) in [5.41, 5.74) is 4.33. The lowest BCUT2D eigenvalue weighted by Crippen LogP contribution is -2.16. The lowest BCUT2D eigenvalue weighted by atomic mass is 10.1. The van der Waals surface area contributed by atoms with Crippen molar-refractivity contribution in [1.82, 2.24) is 9.97 Å². The Morgan fingerprint density at radius 1 is 0.725 bits per heavy atom. The Kier molecular flexibility index (Phi) is 7.74. The molecule has 0 saturated heterocycles. The number of hydrogen-bond donors (Lipinski definition) is 5. The molecule has 0 atom stereocenters. The first kappa shape index (κ1) is 26.1. The molecule has 3 aromatic carbocycles. The van der Waals surface area contributed by atoms with Gasteiger partial charge in [0.15, 0.2) is 5.13 Å². The van der Waals surface area contributed by atoms with E-state index in [0.29, 0.717) is 27.6 Å². The van der Waals surface area contributed by atoms with Gasteiger partial charge in [0, 0.05) is 45.8 Å². The molecule has 0 spiro atoms. The van der Waals surface area contributed by atoms with Crippen LogP contribution in [-0.4, -0.2) is 33.0 Å². The molecular weight excluding hydrogens is 528 g/mol. The molecule has 2 aromatic heterocycles. The molecule has 0 aliphatic carbocycles.